The fraction of sp³-hybridized carbons (Fsp3) is 0.125. The first kappa shape index (κ1) is 7.58. The van der Waals surface area contributed by atoms with Crippen LogP contribution in [0.15, 0.2) is 24.7 Å². The molecule has 0 bridgehead atoms. The smallest absolute Gasteiger partial charge is 0.120 e. The van der Waals surface area contributed by atoms with Crippen LogP contribution in [0.2, 0.25) is 5.02 Å². The van der Waals surface area contributed by atoms with Crippen LogP contribution in [-0.4, -0.2) is 9.38 Å². The lowest BCUT2D eigenvalue weighted by atomic mass is 10.3. The highest BCUT2D eigenvalue weighted by Crippen LogP contribution is 2.14. The van der Waals surface area contributed by atoms with E-state index in [9.17, 15) is 0 Å². The summed E-state index contributed by atoms with van der Waals surface area (Å²) < 4.78 is 1.94. The van der Waals surface area contributed by atoms with Crippen LogP contribution in [0.5, 0.6) is 0 Å². The van der Waals surface area contributed by atoms with Gasteiger partial charge in [0.2, 0.25) is 0 Å². The van der Waals surface area contributed by atoms with Crippen molar-refractivity contribution in [2.75, 3.05) is 0 Å². The molecule has 0 aromatic carbocycles. The Balaban J connectivity index is 2.75. The number of nitrogens with zero attached hydrogens (tertiary/aromatic N) is 2. The molecule has 0 saturated carbocycles. The Kier molecular flexibility index (Phi) is 1.75. The molecule has 4 heteroatoms. The van der Waals surface area contributed by atoms with E-state index in [0.29, 0.717) is 6.54 Å². The molecule has 0 saturated heterocycles. The average Bonchev–Trinajstić information content (AvgIpc) is 2.46. The predicted molar refractivity (Wildman–Crippen MR) is 46.8 cm³/mol. The standard InChI is InChI=1S/C8H8ClN3/c9-6-1-2-12-5-11-7(4-10)8(12)3-6/h1-3,5H,4,10H2/p+1. The first-order chi connectivity index (χ1) is 5.81. The molecule has 2 rings (SSSR count). The van der Waals surface area contributed by atoms with E-state index < -0.39 is 0 Å². The van der Waals surface area contributed by atoms with Crippen molar-refractivity contribution in [3.05, 3.63) is 35.4 Å². The number of hydrogen-bond acceptors (Lipinski definition) is 1. The molecule has 0 spiro atoms. The Labute approximate surface area is 74.8 Å². The molecule has 0 unspecified atom stereocenters. The van der Waals surface area contributed by atoms with Crippen molar-refractivity contribution in [1.29, 1.82) is 0 Å². The van der Waals surface area contributed by atoms with Crippen molar-refractivity contribution < 1.29 is 5.73 Å². The largest absolute Gasteiger partial charge is 0.352 e. The summed E-state index contributed by atoms with van der Waals surface area (Å²) in [5.41, 5.74) is 5.81. The van der Waals surface area contributed by atoms with E-state index in [1.165, 1.54) is 0 Å². The monoisotopic (exact) mass is 182 g/mol. The van der Waals surface area contributed by atoms with Crippen molar-refractivity contribution in [2.45, 2.75) is 6.54 Å². The van der Waals surface area contributed by atoms with E-state index in [-0.39, 0.29) is 0 Å². The maximum absolute atomic E-state index is 5.84. The summed E-state index contributed by atoms with van der Waals surface area (Å²) in [5.74, 6) is 0. The van der Waals surface area contributed by atoms with Gasteiger partial charge in [-0.25, -0.2) is 4.98 Å². The molecule has 2 heterocycles. The third-order valence-corrected chi connectivity index (χ3v) is 2.05. The number of rotatable bonds is 1. The summed E-state index contributed by atoms with van der Waals surface area (Å²) in [6, 6.07) is 3.73. The Morgan fingerprint density at radius 1 is 1.58 bits per heavy atom. The van der Waals surface area contributed by atoms with Gasteiger partial charge in [0.25, 0.3) is 0 Å². The lowest BCUT2D eigenvalue weighted by Gasteiger charge is -1.94. The van der Waals surface area contributed by atoms with Crippen LogP contribution in [-0.2, 0) is 6.54 Å². The van der Waals surface area contributed by atoms with Gasteiger partial charge in [-0.15, -0.1) is 0 Å². The van der Waals surface area contributed by atoms with E-state index in [1.54, 1.807) is 6.33 Å². The fourth-order valence-corrected chi connectivity index (χ4v) is 1.37. The number of aromatic nitrogens is 2. The SMILES string of the molecule is [NH3+]Cc1ncn2ccc(Cl)cc12. The molecule has 3 N–H and O–H groups in total. The third kappa shape index (κ3) is 1.07. The van der Waals surface area contributed by atoms with Crippen LogP contribution in [0.25, 0.3) is 5.52 Å². The summed E-state index contributed by atoms with van der Waals surface area (Å²) in [5, 5.41) is 0.734. The zero-order valence-corrected chi connectivity index (χ0v) is 7.25. The number of fused-ring (bicyclic) bond motifs is 1. The van der Waals surface area contributed by atoms with Gasteiger partial charge in [0.05, 0.1) is 11.8 Å². The molecule has 0 amide bonds. The normalized spacial score (nSPS) is 10.8. The van der Waals surface area contributed by atoms with Crippen molar-refractivity contribution >= 4 is 17.1 Å². The van der Waals surface area contributed by atoms with E-state index >= 15 is 0 Å². The molecular weight excluding hydrogens is 174 g/mol. The van der Waals surface area contributed by atoms with Crippen LogP contribution in [0.4, 0.5) is 0 Å². The summed E-state index contributed by atoms with van der Waals surface area (Å²) in [7, 11) is 0. The molecule has 0 aliphatic heterocycles. The number of quaternary nitrogens is 1. The fourth-order valence-electron chi connectivity index (χ4n) is 1.21. The maximum Gasteiger partial charge on any atom is 0.120 e. The molecule has 12 heavy (non-hydrogen) atoms. The molecule has 2 aromatic rings. The lowest BCUT2D eigenvalue weighted by molar-refractivity contribution is -0.386. The zero-order chi connectivity index (χ0) is 8.55. The van der Waals surface area contributed by atoms with E-state index in [1.807, 2.05) is 22.7 Å². The predicted octanol–water partition coefficient (Wildman–Crippen LogP) is 0.730. The highest BCUT2D eigenvalue weighted by molar-refractivity contribution is 6.30. The van der Waals surface area contributed by atoms with Gasteiger partial charge < -0.3 is 10.1 Å². The van der Waals surface area contributed by atoms with Crippen LogP contribution in [0, 0.1) is 0 Å². The average molecular weight is 183 g/mol. The second kappa shape index (κ2) is 2.77. The van der Waals surface area contributed by atoms with Gasteiger partial charge in [-0.2, -0.15) is 0 Å². The minimum Gasteiger partial charge on any atom is -0.352 e. The number of pyridine rings is 1. The molecule has 0 fully saturated rings. The van der Waals surface area contributed by atoms with Crippen LogP contribution >= 0.6 is 11.6 Å². The zero-order valence-electron chi connectivity index (χ0n) is 6.50. The molecular formula is C8H9ClN3+. The lowest BCUT2D eigenvalue weighted by Crippen LogP contribution is -2.47. The minimum atomic E-state index is 0.691. The van der Waals surface area contributed by atoms with Crippen molar-refractivity contribution in [3.8, 4) is 0 Å². The molecule has 0 radical (unpaired) electrons. The number of hydrogen-bond donors (Lipinski definition) is 1. The van der Waals surface area contributed by atoms with Crippen molar-refractivity contribution in [1.82, 2.24) is 9.38 Å². The summed E-state index contributed by atoms with van der Waals surface area (Å²) in [6.45, 7) is 0.691. The van der Waals surface area contributed by atoms with Gasteiger partial charge in [0.15, 0.2) is 0 Å². The second-order valence-corrected chi connectivity index (χ2v) is 3.02. The molecule has 0 aliphatic rings. The van der Waals surface area contributed by atoms with E-state index in [4.69, 9.17) is 11.6 Å². The first-order valence-electron chi connectivity index (χ1n) is 3.71. The minimum absolute atomic E-state index is 0.691. The topological polar surface area (TPSA) is 44.9 Å². The molecule has 2 aromatic heterocycles. The Morgan fingerprint density at radius 2 is 2.42 bits per heavy atom. The van der Waals surface area contributed by atoms with Crippen LogP contribution < -0.4 is 5.73 Å². The van der Waals surface area contributed by atoms with Gasteiger partial charge in [-0.05, 0) is 12.1 Å². The first-order valence-corrected chi connectivity index (χ1v) is 4.09. The Hall–Kier alpha value is -1.06. The maximum atomic E-state index is 5.84. The number of imidazole rings is 1. The third-order valence-electron chi connectivity index (χ3n) is 1.82. The molecule has 0 aliphatic carbocycles. The van der Waals surface area contributed by atoms with Crippen molar-refractivity contribution in [3.63, 3.8) is 0 Å². The van der Waals surface area contributed by atoms with Gasteiger partial charge in [0, 0.05) is 11.2 Å². The van der Waals surface area contributed by atoms with Gasteiger partial charge >= 0.3 is 0 Å². The highest BCUT2D eigenvalue weighted by atomic mass is 35.5. The van der Waals surface area contributed by atoms with Crippen LogP contribution in [0.3, 0.4) is 0 Å². The number of halogens is 1. The van der Waals surface area contributed by atoms with Crippen LogP contribution in [0.1, 0.15) is 5.69 Å². The molecule has 62 valence electrons. The highest BCUT2D eigenvalue weighted by Gasteiger charge is 2.03. The summed E-state index contributed by atoms with van der Waals surface area (Å²) in [6.07, 6.45) is 3.66. The summed E-state index contributed by atoms with van der Waals surface area (Å²) in [4.78, 5) is 4.20. The second-order valence-electron chi connectivity index (χ2n) is 2.58. The van der Waals surface area contributed by atoms with Gasteiger partial charge in [-0.3, -0.25) is 0 Å². The van der Waals surface area contributed by atoms with E-state index in [2.05, 4.69) is 10.7 Å². The van der Waals surface area contributed by atoms with E-state index in [0.717, 1.165) is 16.2 Å². The summed E-state index contributed by atoms with van der Waals surface area (Å²) >= 11 is 5.84. The van der Waals surface area contributed by atoms with Crippen molar-refractivity contribution in [2.24, 2.45) is 0 Å². The Bertz CT molecular complexity index is 408. The van der Waals surface area contributed by atoms with Gasteiger partial charge in [0.1, 0.15) is 12.2 Å². The molecule has 3 nitrogen and oxygen atoms in total. The molecule has 0 atom stereocenters. The van der Waals surface area contributed by atoms with Gasteiger partial charge in [-0.1, -0.05) is 11.6 Å². The quantitative estimate of drug-likeness (QED) is 0.695. The Morgan fingerprint density at radius 3 is 3.17 bits per heavy atom.